The molecular weight excluding hydrogens is 252 g/mol. The summed E-state index contributed by atoms with van der Waals surface area (Å²) in [5.41, 5.74) is 2.54. The average Bonchev–Trinajstić information content (AvgIpc) is 2.89. The van der Waals surface area contributed by atoms with Gasteiger partial charge in [-0.3, -0.25) is 4.79 Å². The molecule has 1 aromatic rings. The number of hydrogen-bond acceptors (Lipinski definition) is 3. The topological polar surface area (TPSA) is 61.4 Å². The summed E-state index contributed by atoms with van der Waals surface area (Å²) < 4.78 is 0. The van der Waals surface area contributed by atoms with Crippen LogP contribution in [0, 0.1) is 5.92 Å². The highest BCUT2D eigenvalue weighted by Crippen LogP contribution is 2.24. The van der Waals surface area contributed by atoms with E-state index >= 15 is 0 Å². The molecule has 3 N–H and O–H groups in total. The third kappa shape index (κ3) is 2.86. The molecule has 2 unspecified atom stereocenters. The molecule has 2 aliphatic rings. The van der Waals surface area contributed by atoms with Gasteiger partial charge in [-0.1, -0.05) is 30.7 Å². The molecule has 0 bridgehead atoms. The molecule has 4 nitrogen and oxygen atoms in total. The van der Waals surface area contributed by atoms with Crippen LogP contribution in [0.15, 0.2) is 24.3 Å². The summed E-state index contributed by atoms with van der Waals surface area (Å²) in [7, 11) is 0. The maximum atomic E-state index is 12.2. The van der Waals surface area contributed by atoms with Gasteiger partial charge in [-0.25, -0.2) is 0 Å². The van der Waals surface area contributed by atoms with Crippen LogP contribution in [0.3, 0.4) is 0 Å². The second-order valence-electron chi connectivity index (χ2n) is 5.91. The Hall–Kier alpha value is -1.39. The Morgan fingerprint density at radius 2 is 2.10 bits per heavy atom. The van der Waals surface area contributed by atoms with Crippen LogP contribution >= 0.6 is 0 Å². The number of aliphatic hydroxyl groups is 1. The molecule has 1 heterocycles. The Labute approximate surface area is 119 Å². The van der Waals surface area contributed by atoms with Crippen molar-refractivity contribution in [3.05, 3.63) is 35.4 Å². The van der Waals surface area contributed by atoms with Crippen LogP contribution in [-0.2, 0) is 17.8 Å². The number of nitrogens with one attached hydrogen (secondary N) is 2. The van der Waals surface area contributed by atoms with Gasteiger partial charge in [-0.15, -0.1) is 0 Å². The third-order valence-corrected chi connectivity index (χ3v) is 4.56. The number of hydrogen-bond donors (Lipinski definition) is 3. The van der Waals surface area contributed by atoms with Crippen molar-refractivity contribution >= 4 is 5.91 Å². The molecule has 0 aromatic heterocycles. The maximum absolute atomic E-state index is 12.2. The van der Waals surface area contributed by atoms with Gasteiger partial charge in [-0.2, -0.15) is 0 Å². The third-order valence-electron chi connectivity index (χ3n) is 4.56. The lowest BCUT2D eigenvalue weighted by atomic mass is 9.95. The minimum atomic E-state index is -0.240. The van der Waals surface area contributed by atoms with Crippen LogP contribution in [-0.4, -0.2) is 29.7 Å². The van der Waals surface area contributed by atoms with E-state index < -0.39 is 0 Å². The van der Waals surface area contributed by atoms with Crippen molar-refractivity contribution < 1.29 is 9.90 Å². The fourth-order valence-corrected chi connectivity index (χ4v) is 3.25. The Bertz CT molecular complexity index is 489. The zero-order chi connectivity index (χ0) is 13.9. The van der Waals surface area contributed by atoms with Crippen molar-refractivity contribution in [3.8, 4) is 0 Å². The van der Waals surface area contributed by atoms with Crippen molar-refractivity contribution in [2.45, 2.75) is 44.4 Å². The first-order valence-corrected chi connectivity index (χ1v) is 7.50. The Morgan fingerprint density at radius 3 is 2.85 bits per heavy atom. The number of rotatable bonds is 3. The van der Waals surface area contributed by atoms with Gasteiger partial charge in [-0.05, 0) is 30.4 Å². The van der Waals surface area contributed by atoms with E-state index in [1.165, 1.54) is 11.1 Å². The normalized spacial score (nSPS) is 28.9. The highest BCUT2D eigenvalue weighted by molar-refractivity contribution is 5.82. The van der Waals surface area contributed by atoms with E-state index in [-0.39, 0.29) is 24.0 Å². The van der Waals surface area contributed by atoms with Crippen molar-refractivity contribution in [3.63, 3.8) is 0 Å². The molecule has 1 fully saturated rings. The standard InChI is InChI=1S/C16H22N2O2/c19-15-7-3-6-13(15)10-18-16(20)14-8-11-4-1-2-5-12(11)9-17-14/h1-2,4-5,13-15,17,19H,3,6-10H2,(H,18,20)/t13?,14-,15?/m0/s1. The molecule has 1 aliphatic carbocycles. The summed E-state index contributed by atoms with van der Waals surface area (Å²) in [6.07, 6.45) is 3.46. The number of amides is 1. The Morgan fingerprint density at radius 1 is 1.30 bits per heavy atom. The number of carbonyl (C=O) groups excluding carboxylic acids is 1. The predicted octanol–water partition coefficient (Wildman–Crippen LogP) is 0.978. The summed E-state index contributed by atoms with van der Waals surface area (Å²) in [4.78, 5) is 12.2. The zero-order valence-electron chi connectivity index (χ0n) is 11.6. The van der Waals surface area contributed by atoms with Crippen LogP contribution in [0.2, 0.25) is 0 Å². The fraction of sp³-hybridized carbons (Fsp3) is 0.562. The van der Waals surface area contributed by atoms with E-state index in [4.69, 9.17) is 0 Å². The first-order valence-electron chi connectivity index (χ1n) is 7.50. The monoisotopic (exact) mass is 274 g/mol. The smallest absolute Gasteiger partial charge is 0.237 e. The largest absolute Gasteiger partial charge is 0.393 e. The molecule has 20 heavy (non-hydrogen) atoms. The van der Waals surface area contributed by atoms with Crippen molar-refractivity contribution in [1.29, 1.82) is 0 Å². The molecule has 0 radical (unpaired) electrons. The van der Waals surface area contributed by atoms with Gasteiger partial charge in [0.1, 0.15) is 0 Å². The van der Waals surface area contributed by atoms with Gasteiger partial charge in [0.25, 0.3) is 0 Å². The fourth-order valence-electron chi connectivity index (χ4n) is 3.25. The molecule has 1 saturated carbocycles. The lowest BCUT2D eigenvalue weighted by Crippen LogP contribution is -2.49. The van der Waals surface area contributed by atoms with Gasteiger partial charge in [0.05, 0.1) is 12.1 Å². The molecule has 0 saturated heterocycles. The minimum Gasteiger partial charge on any atom is -0.393 e. The Balaban J connectivity index is 1.54. The number of benzene rings is 1. The summed E-state index contributed by atoms with van der Waals surface area (Å²) in [6.45, 7) is 1.35. The SMILES string of the molecule is O=C(NCC1CCCC1O)[C@@H]1Cc2ccccc2CN1. The van der Waals surface area contributed by atoms with Crippen LogP contribution in [0.1, 0.15) is 30.4 Å². The molecule has 3 atom stereocenters. The van der Waals surface area contributed by atoms with Gasteiger partial charge < -0.3 is 15.7 Å². The zero-order valence-corrected chi connectivity index (χ0v) is 11.6. The summed E-state index contributed by atoms with van der Waals surface area (Å²) >= 11 is 0. The van der Waals surface area contributed by atoms with Gasteiger partial charge in [0.2, 0.25) is 5.91 Å². The lowest BCUT2D eigenvalue weighted by molar-refractivity contribution is -0.123. The van der Waals surface area contributed by atoms with Gasteiger partial charge in [0, 0.05) is 19.0 Å². The van der Waals surface area contributed by atoms with Crippen LogP contribution in [0.4, 0.5) is 0 Å². The predicted molar refractivity (Wildman–Crippen MR) is 77.1 cm³/mol. The number of aliphatic hydroxyl groups excluding tert-OH is 1. The molecular formula is C16H22N2O2. The Kier molecular flexibility index (Phi) is 4.03. The van der Waals surface area contributed by atoms with Crippen molar-refractivity contribution in [2.24, 2.45) is 5.92 Å². The minimum absolute atomic E-state index is 0.0543. The molecule has 1 amide bonds. The second-order valence-corrected chi connectivity index (χ2v) is 5.91. The van der Waals surface area contributed by atoms with Crippen LogP contribution in [0.5, 0.6) is 0 Å². The highest BCUT2D eigenvalue weighted by atomic mass is 16.3. The second kappa shape index (κ2) is 5.94. The molecule has 1 aromatic carbocycles. The van der Waals surface area contributed by atoms with Crippen LogP contribution in [0.25, 0.3) is 0 Å². The quantitative estimate of drug-likeness (QED) is 0.770. The molecule has 3 rings (SSSR count). The van der Waals surface area contributed by atoms with E-state index in [9.17, 15) is 9.90 Å². The van der Waals surface area contributed by atoms with E-state index in [0.29, 0.717) is 6.54 Å². The summed E-state index contributed by atoms with van der Waals surface area (Å²) in [5.74, 6) is 0.286. The van der Waals surface area contributed by atoms with Gasteiger partial charge in [0.15, 0.2) is 0 Å². The maximum Gasteiger partial charge on any atom is 0.237 e. The lowest BCUT2D eigenvalue weighted by Gasteiger charge is -2.26. The molecule has 1 aliphatic heterocycles. The summed E-state index contributed by atoms with van der Waals surface area (Å²) in [5, 5.41) is 16.1. The van der Waals surface area contributed by atoms with Gasteiger partial charge >= 0.3 is 0 Å². The van der Waals surface area contributed by atoms with Crippen molar-refractivity contribution in [2.75, 3.05) is 6.54 Å². The van der Waals surface area contributed by atoms with Crippen LogP contribution < -0.4 is 10.6 Å². The van der Waals surface area contributed by atoms with E-state index in [1.807, 2.05) is 12.1 Å². The van der Waals surface area contributed by atoms with E-state index in [0.717, 1.165) is 32.2 Å². The molecule has 108 valence electrons. The van der Waals surface area contributed by atoms with E-state index in [2.05, 4.69) is 22.8 Å². The number of fused-ring (bicyclic) bond motifs is 1. The first-order chi connectivity index (χ1) is 9.74. The average molecular weight is 274 g/mol. The highest BCUT2D eigenvalue weighted by Gasteiger charge is 2.28. The van der Waals surface area contributed by atoms with Crippen molar-refractivity contribution in [1.82, 2.24) is 10.6 Å². The summed E-state index contributed by atoms with van der Waals surface area (Å²) in [6, 6.07) is 8.10. The number of carbonyl (C=O) groups is 1. The molecule has 4 heteroatoms. The van der Waals surface area contributed by atoms with E-state index in [1.54, 1.807) is 0 Å². The first kappa shape index (κ1) is 13.6. The molecule has 0 spiro atoms.